The lowest BCUT2D eigenvalue weighted by atomic mass is 10.0. The fourth-order valence-corrected chi connectivity index (χ4v) is 3.56. The Bertz CT molecular complexity index is 722. The summed E-state index contributed by atoms with van der Waals surface area (Å²) in [5.74, 6) is 1.21. The van der Waals surface area contributed by atoms with Crippen LogP contribution in [0.3, 0.4) is 0 Å². The maximum absolute atomic E-state index is 13.9. The third-order valence-corrected chi connectivity index (χ3v) is 4.83. The number of ether oxygens (including phenoxy) is 2. The number of nitrogens with zero attached hydrogens (tertiary/aromatic N) is 1. The predicted octanol–water partition coefficient (Wildman–Crippen LogP) is 3.71. The third-order valence-electron chi connectivity index (χ3n) is 4.83. The fraction of sp³-hybridized carbons (Fsp3) is 0.400. The molecule has 25 heavy (non-hydrogen) atoms. The second-order valence-electron chi connectivity index (χ2n) is 6.30. The van der Waals surface area contributed by atoms with Crippen LogP contribution in [0.5, 0.6) is 11.5 Å². The summed E-state index contributed by atoms with van der Waals surface area (Å²) in [5, 5.41) is 10.5. The van der Waals surface area contributed by atoms with Crippen molar-refractivity contribution in [2.45, 2.75) is 25.0 Å². The van der Waals surface area contributed by atoms with Gasteiger partial charge in [-0.15, -0.1) is 0 Å². The molecule has 134 valence electrons. The fourth-order valence-electron chi connectivity index (χ4n) is 3.56. The molecule has 1 heterocycles. The molecule has 2 aromatic rings. The molecule has 0 amide bonds. The summed E-state index contributed by atoms with van der Waals surface area (Å²) in [5.41, 5.74) is 1.38. The predicted molar refractivity (Wildman–Crippen MR) is 94.5 cm³/mol. The topological polar surface area (TPSA) is 41.9 Å². The number of likely N-dealkylation sites (tertiary alicyclic amines) is 1. The Morgan fingerprint density at radius 1 is 1.20 bits per heavy atom. The lowest BCUT2D eigenvalue weighted by molar-refractivity contribution is 0.102. The Labute approximate surface area is 147 Å². The van der Waals surface area contributed by atoms with E-state index in [0.717, 1.165) is 36.4 Å². The molecule has 0 bridgehead atoms. The van der Waals surface area contributed by atoms with E-state index >= 15 is 0 Å². The van der Waals surface area contributed by atoms with Crippen molar-refractivity contribution >= 4 is 0 Å². The molecule has 1 aliphatic heterocycles. The normalized spacial score (nSPS) is 19.0. The summed E-state index contributed by atoms with van der Waals surface area (Å²) in [7, 11) is 3.29. The first-order valence-electron chi connectivity index (χ1n) is 8.52. The van der Waals surface area contributed by atoms with Gasteiger partial charge in [0.2, 0.25) is 0 Å². The van der Waals surface area contributed by atoms with Gasteiger partial charge in [-0.2, -0.15) is 0 Å². The van der Waals surface area contributed by atoms with E-state index in [4.69, 9.17) is 9.47 Å². The van der Waals surface area contributed by atoms with Crippen LogP contribution in [0.1, 0.15) is 36.1 Å². The van der Waals surface area contributed by atoms with Crippen molar-refractivity contribution in [3.8, 4) is 11.5 Å². The minimum absolute atomic E-state index is 0.117. The molecule has 1 N–H and O–H groups in total. The summed E-state index contributed by atoms with van der Waals surface area (Å²) >= 11 is 0. The SMILES string of the molecule is COc1ccc(OC)c([C@H]2CCCN2C[C@@H](O)c2ccccc2F)c1. The molecule has 0 saturated carbocycles. The maximum atomic E-state index is 13.9. The van der Waals surface area contributed by atoms with Crippen LogP contribution >= 0.6 is 0 Å². The van der Waals surface area contributed by atoms with E-state index < -0.39 is 6.10 Å². The first-order chi connectivity index (χ1) is 12.1. The molecule has 1 fully saturated rings. The first kappa shape index (κ1) is 17.7. The molecule has 4 nitrogen and oxygen atoms in total. The minimum atomic E-state index is -0.863. The second kappa shape index (κ2) is 7.85. The van der Waals surface area contributed by atoms with E-state index in [9.17, 15) is 9.50 Å². The van der Waals surface area contributed by atoms with Gasteiger partial charge in [-0.1, -0.05) is 18.2 Å². The van der Waals surface area contributed by atoms with Crippen molar-refractivity contribution in [1.29, 1.82) is 0 Å². The van der Waals surface area contributed by atoms with E-state index in [2.05, 4.69) is 4.90 Å². The van der Waals surface area contributed by atoms with Crippen LogP contribution in [0.4, 0.5) is 4.39 Å². The number of halogens is 1. The Kier molecular flexibility index (Phi) is 5.56. The average molecular weight is 345 g/mol. The van der Waals surface area contributed by atoms with Gasteiger partial charge in [-0.25, -0.2) is 4.39 Å². The summed E-state index contributed by atoms with van der Waals surface area (Å²) in [6.45, 7) is 1.24. The number of aliphatic hydroxyl groups excluding tert-OH is 1. The molecular formula is C20H24FNO3. The highest BCUT2D eigenvalue weighted by Crippen LogP contribution is 2.39. The number of hydrogen-bond acceptors (Lipinski definition) is 4. The first-order valence-corrected chi connectivity index (χ1v) is 8.52. The average Bonchev–Trinajstić information content (AvgIpc) is 3.09. The van der Waals surface area contributed by atoms with Crippen molar-refractivity contribution in [3.63, 3.8) is 0 Å². The van der Waals surface area contributed by atoms with Crippen LogP contribution in [0, 0.1) is 5.82 Å². The van der Waals surface area contributed by atoms with Crippen molar-refractivity contribution in [2.24, 2.45) is 0 Å². The zero-order chi connectivity index (χ0) is 17.8. The van der Waals surface area contributed by atoms with Gasteiger partial charge in [0.1, 0.15) is 17.3 Å². The Hall–Kier alpha value is -2.11. The molecule has 0 aliphatic carbocycles. The molecule has 5 heteroatoms. The van der Waals surface area contributed by atoms with Gasteiger partial charge < -0.3 is 14.6 Å². The molecule has 2 atom stereocenters. The van der Waals surface area contributed by atoms with Gasteiger partial charge in [-0.05, 0) is 43.7 Å². The van der Waals surface area contributed by atoms with Crippen LogP contribution < -0.4 is 9.47 Å². The van der Waals surface area contributed by atoms with Gasteiger partial charge >= 0.3 is 0 Å². The monoisotopic (exact) mass is 345 g/mol. The van der Waals surface area contributed by atoms with Crippen molar-refractivity contribution < 1.29 is 19.0 Å². The molecule has 0 aromatic heterocycles. The van der Waals surface area contributed by atoms with Gasteiger partial charge in [0.05, 0.1) is 20.3 Å². The molecule has 2 aromatic carbocycles. The summed E-state index contributed by atoms with van der Waals surface area (Å²) in [6, 6.07) is 12.3. The third kappa shape index (κ3) is 3.78. The standard InChI is InChI=1S/C20H24FNO3/c1-24-14-9-10-20(25-2)16(12-14)18-8-5-11-22(18)13-19(23)15-6-3-4-7-17(15)21/h3-4,6-7,9-10,12,18-19,23H,5,8,11,13H2,1-2H3/t18-,19-/m1/s1. The van der Waals surface area contributed by atoms with E-state index in [-0.39, 0.29) is 11.9 Å². The summed E-state index contributed by atoms with van der Waals surface area (Å²) in [6.07, 6.45) is 1.13. The van der Waals surface area contributed by atoms with Crippen molar-refractivity contribution in [1.82, 2.24) is 4.90 Å². The summed E-state index contributed by atoms with van der Waals surface area (Å²) < 4.78 is 24.8. The highest BCUT2D eigenvalue weighted by molar-refractivity contribution is 5.42. The highest BCUT2D eigenvalue weighted by Gasteiger charge is 2.30. The second-order valence-corrected chi connectivity index (χ2v) is 6.30. The van der Waals surface area contributed by atoms with Crippen molar-refractivity contribution in [3.05, 3.63) is 59.4 Å². The Balaban J connectivity index is 1.82. The largest absolute Gasteiger partial charge is 0.497 e. The zero-order valence-electron chi connectivity index (χ0n) is 14.6. The van der Waals surface area contributed by atoms with Crippen LogP contribution in [-0.2, 0) is 0 Å². The number of aliphatic hydroxyl groups is 1. The Morgan fingerprint density at radius 3 is 2.72 bits per heavy atom. The molecular weight excluding hydrogens is 321 g/mol. The van der Waals surface area contributed by atoms with Crippen molar-refractivity contribution in [2.75, 3.05) is 27.3 Å². The van der Waals surface area contributed by atoms with Gasteiger partial charge in [-0.3, -0.25) is 4.90 Å². The molecule has 1 aliphatic rings. The van der Waals surface area contributed by atoms with Crippen LogP contribution in [0.2, 0.25) is 0 Å². The van der Waals surface area contributed by atoms with E-state index in [1.54, 1.807) is 32.4 Å². The smallest absolute Gasteiger partial charge is 0.129 e. The molecule has 0 spiro atoms. The highest BCUT2D eigenvalue weighted by atomic mass is 19.1. The van der Waals surface area contributed by atoms with E-state index in [1.165, 1.54) is 6.07 Å². The summed E-state index contributed by atoms with van der Waals surface area (Å²) in [4.78, 5) is 2.19. The van der Waals surface area contributed by atoms with Gasteiger partial charge in [0.25, 0.3) is 0 Å². The Morgan fingerprint density at radius 2 is 2.00 bits per heavy atom. The maximum Gasteiger partial charge on any atom is 0.129 e. The molecule has 3 rings (SSSR count). The number of benzene rings is 2. The number of hydrogen-bond donors (Lipinski definition) is 1. The lowest BCUT2D eigenvalue weighted by Gasteiger charge is -2.28. The minimum Gasteiger partial charge on any atom is -0.497 e. The molecule has 0 unspecified atom stereocenters. The van der Waals surface area contributed by atoms with Crippen LogP contribution in [-0.4, -0.2) is 37.3 Å². The molecule has 0 radical (unpaired) electrons. The quantitative estimate of drug-likeness (QED) is 0.867. The van der Waals surface area contributed by atoms with E-state index in [0.29, 0.717) is 12.1 Å². The van der Waals surface area contributed by atoms with Crippen LogP contribution in [0.15, 0.2) is 42.5 Å². The van der Waals surface area contributed by atoms with Gasteiger partial charge in [0, 0.05) is 23.7 Å². The number of β-amino-alcohol motifs (C(OH)–C–C–N with tert-alkyl or cyclic N) is 1. The van der Waals surface area contributed by atoms with Gasteiger partial charge in [0.15, 0.2) is 0 Å². The van der Waals surface area contributed by atoms with E-state index in [1.807, 2.05) is 18.2 Å². The lowest BCUT2D eigenvalue weighted by Crippen LogP contribution is -2.29. The zero-order valence-corrected chi connectivity index (χ0v) is 14.6. The number of methoxy groups -OCH3 is 2. The number of rotatable bonds is 6. The van der Waals surface area contributed by atoms with Crippen LogP contribution in [0.25, 0.3) is 0 Å². The molecule has 1 saturated heterocycles.